The number of hydrogen-bond donors (Lipinski definition) is 1. The molecule has 5 rings (SSSR count). The van der Waals surface area contributed by atoms with Crippen LogP contribution in [0.15, 0.2) is 48.5 Å². The van der Waals surface area contributed by atoms with Crippen LogP contribution in [0, 0.1) is 5.92 Å². The van der Waals surface area contributed by atoms with Gasteiger partial charge in [-0.1, -0.05) is 62.8 Å². The zero-order valence-electron chi connectivity index (χ0n) is 24.2. The van der Waals surface area contributed by atoms with Gasteiger partial charge in [0.2, 0.25) is 5.91 Å². The predicted molar refractivity (Wildman–Crippen MR) is 161 cm³/mol. The third-order valence-corrected chi connectivity index (χ3v) is 9.04. The first kappa shape index (κ1) is 28.5. The monoisotopic (exact) mass is 546 g/mol. The van der Waals surface area contributed by atoms with Crippen LogP contribution in [0.25, 0.3) is 0 Å². The normalized spacial score (nSPS) is 19.3. The zero-order valence-corrected chi connectivity index (χ0v) is 24.2. The number of nitrogens with one attached hydrogen (secondary N) is 1. The number of hydrogen-bond acceptors (Lipinski definition) is 5. The summed E-state index contributed by atoms with van der Waals surface area (Å²) < 4.78 is 5.58. The van der Waals surface area contributed by atoms with E-state index in [1.807, 2.05) is 41.3 Å². The van der Waals surface area contributed by atoms with Gasteiger partial charge in [-0.2, -0.15) is 0 Å². The van der Waals surface area contributed by atoms with Gasteiger partial charge in [0.15, 0.2) is 0 Å². The molecule has 0 bridgehead atoms. The molecule has 1 N–H and O–H groups in total. The molecule has 2 aromatic rings. The Labute approximate surface area is 239 Å². The molecule has 3 fully saturated rings. The van der Waals surface area contributed by atoms with Crippen molar-refractivity contribution in [3.05, 3.63) is 54.1 Å². The standard InChI is InChI=1S/C33H46N4O3/c1-40-31-19-11-10-18-30(31)36-23-20-35(21-24-36)22-25-37(33(39)26-12-4-2-5-13-26)29-17-9-8-16-28(29)32(38)34-27-14-6-3-7-15-27/h8-11,16-19,26-27H,2-7,12-15,20-25H2,1H3,(H,34,38). The predicted octanol–water partition coefficient (Wildman–Crippen LogP) is 5.49. The first-order chi connectivity index (χ1) is 19.6. The molecule has 1 saturated heterocycles. The third-order valence-electron chi connectivity index (χ3n) is 9.04. The molecule has 3 aliphatic rings. The molecule has 2 amide bonds. The molecule has 0 atom stereocenters. The lowest BCUT2D eigenvalue weighted by molar-refractivity contribution is -0.123. The van der Waals surface area contributed by atoms with Gasteiger partial charge < -0.3 is 19.9 Å². The van der Waals surface area contributed by atoms with E-state index in [-0.39, 0.29) is 23.8 Å². The van der Waals surface area contributed by atoms with Crippen molar-refractivity contribution in [3.8, 4) is 5.75 Å². The minimum atomic E-state index is -0.0469. The highest BCUT2D eigenvalue weighted by molar-refractivity contribution is 6.05. The Bertz CT molecular complexity index is 1120. The molecule has 2 saturated carbocycles. The van der Waals surface area contributed by atoms with Crippen molar-refractivity contribution < 1.29 is 14.3 Å². The van der Waals surface area contributed by atoms with E-state index in [9.17, 15) is 9.59 Å². The van der Waals surface area contributed by atoms with Gasteiger partial charge in [-0.15, -0.1) is 0 Å². The number of carbonyl (C=O) groups is 2. The molecule has 7 nitrogen and oxygen atoms in total. The van der Waals surface area contributed by atoms with E-state index in [4.69, 9.17) is 4.74 Å². The van der Waals surface area contributed by atoms with Crippen molar-refractivity contribution >= 4 is 23.2 Å². The zero-order chi connectivity index (χ0) is 27.7. The number of para-hydroxylation sites is 3. The van der Waals surface area contributed by atoms with E-state index >= 15 is 0 Å². The van der Waals surface area contributed by atoms with Gasteiger partial charge in [-0.05, 0) is 49.9 Å². The number of ether oxygens (including phenoxy) is 1. The lowest BCUT2D eigenvalue weighted by Crippen LogP contribution is -2.50. The van der Waals surface area contributed by atoms with Crippen molar-refractivity contribution in [2.45, 2.75) is 70.3 Å². The fourth-order valence-electron chi connectivity index (χ4n) is 6.68. The summed E-state index contributed by atoms with van der Waals surface area (Å²) >= 11 is 0. The molecule has 0 radical (unpaired) electrons. The van der Waals surface area contributed by atoms with Crippen LogP contribution in [0.4, 0.5) is 11.4 Å². The highest BCUT2D eigenvalue weighted by atomic mass is 16.5. The van der Waals surface area contributed by atoms with Crippen LogP contribution in [0.1, 0.15) is 74.6 Å². The summed E-state index contributed by atoms with van der Waals surface area (Å²) in [5.74, 6) is 1.09. The number of rotatable bonds is 9. The van der Waals surface area contributed by atoms with Gasteiger partial charge in [0.1, 0.15) is 5.75 Å². The lowest BCUT2D eigenvalue weighted by Gasteiger charge is -2.38. The quantitative estimate of drug-likeness (QED) is 0.450. The number of anilines is 2. The molecule has 1 heterocycles. The number of piperazine rings is 1. The van der Waals surface area contributed by atoms with Crippen LogP contribution < -0.4 is 19.9 Å². The Morgan fingerprint density at radius 2 is 1.50 bits per heavy atom. The second kappa shape index (κ2) is 14.0. The highest BCUT2D eigenvalue weighted by Crippen LogP contribution is 2.31. The summed E-state index contributed by atoms with van der Waals surface area (Å²) in [5, 5.41) is 3.28. The van der Waals surface area contributed by atoms with Gasteiger partial charge in [0.05, 0.1) is 24.0 Å². The van der Waals surface area contributed by atoms with Gasteiger partial charge in [0.25, 0.3) is 5.91 Å². The molecule has 1 aliphatic heterocycles. The van der Waals surface area contributed by atoms with Crippen LogP contribution in [-0.4, -0.2) is 69.1 Å². The van der Waals surface area contributed by atoms with Crippen LogP contribution >= 0.6 is 0 Å². The van der Waals surface area contributed by atoms with Gasteiger partial charge in [-0.25, -0.2) is 0 Å². The molecule has 0 spiro atoms. The Hall–Kier alpha value is -3.06. The van der Waals surface area contributed by atoms with E-state index in [0.717, 1.165) is 88.4 Å². The SMILES string of the molecule is COc1ccccc1N1CCN(CCN(C(=O)C2CCCCC2)c2ccccc2C(=O)NC2CCCCC2)CC1. The minimum absolute atomic E-state index is 0.0469. The fourth-order valence-corrected chi connectivity index (χ4v) is 6.68. The van der Waals surface area contributed by atoms with Crippen molar-refractivity contribution in [1.82, 2.24) is 10.2 Å². The maximum absolute atomic E-state index is 14.0. The van der Waals surface area contributed by atoms with E-state index in [2.05, 4.69) is 27.2 Å². The van der Waals surface area contributed by atoms with Gasteiger partial charge in [0, 0.05) is 51.2 Å². The molecule has 7 heteroatoms. The Morgan fingerprint density at radius 1 is 0.850 bits per heavy atom. The van der Waals surface area contributed by atoms with Crippen molar-refractivity contribution in [2.24, 2.45) is 5.92 Å². The number of carbonyl (C=O) groups excluding carboxylic acids is 2. The Kier molecular flexibility index (Phi) is 9.98. The maximum Gasteiger partial charge on any atom is 0.253 e. The lowest BCUT2D eigenvalue weighted by atomic mass is 9.88. The number of methoxy groups -OCH3 is 1. The van der Waals surface area contributed by atoms with Crippen LogP contribution in [-0.2, 0) is 4.79 Å². The van der Waals surface area contributed by atoms with Crippen LogP contribution in [0.5, 0.6) is 5.75 Å². The summed E-state index contributed by atoms with van der Waals surface area (Å²) in [6.45, 7) is 5.06. The first-order valence-corrected chi connectivity index (χ1v) is 15.5. The first-order valence-electron chi connectivity index (χ1n) is 15.5. The molecule has 0 unspecified atom stereocenters. The molecule has 0 aromatic heterocycles. The average Bonchev–Trinajstić information content (AvgIpc) is 3.02. The Balaban J connectivity index is 1.28. The maximum atomic E-state index is 14.0. The third kappa shape index (κ3) is 6.98. The van der Waals surface area contributed by atoms with E-state index in [1.54, 1.807) is 7.11 Å². The molecule has 2 aromatic carbocycles. The summed E-state index contributed by atoms with van der Waals surface area (Å²) in [7, 11) is 1.72. The summed E-state index contributed by atoms with van der Waals surface area (Å²) in [5.41, 5.74) is 2.52. The molecular weight excluding hydrogens is 500 g/mol. The molecule has 2 aliphatic carbocycles. The average molecular weight is 547 g/mol. The van der Waals surface area contributed by atoms with E-state index in [1.165, 1.54) is 25.7 Å². The summed E-state index contributed by atoms with van der Waals surface area (Å²) in [4.78, 5) is 34.3. The number of amides is 2. The second-order valence-electron chi connectivity index (χ2n) is 11.7. The topological polar surface area (TPSA) is 65.1 Å². The van der Waals surface area contributed by atoms with Crippen molar-refractivity contribution in [1.29, 1.82) is 0 Å². The molecule has 40 heavy (non-hydrogen) atoms. The number of benzene rings is 2. The highest BCUT2D eigenvalue weighted by Gasteiger charge is 2.30. The van der Waals surface area contributed by atoms with Crippen LogP contribution in [0.3, 0.4) is 0 Å². The largest absolute Gasteiger partial charge is 0.495 e. The van der Waals surface area contributed by atoms with Gasteiger partial charge >= 0.3 is 0 Å². The van der Waals surface area contributed by atoms with Crippen molar-refractivity contribution in [3.63, 3.8) is 0 Å². The van der Waals surface area contributed by atoms with E-state index < -0.39 is 0 Å². The molecular formula is C33H46N4O3. The summed E-state index contributed by atoms with van der Waals surface area (Å²) in [6, 6.07) is 16.2. The van der Waals surface area contributed by atoms with Crippen molar-refractivity contribution in [2.75, 3.05) is 56.2 Å². The smallest absolute Gasteiger partial charge is 0.253 e. The Morgan fingerprint density at radius 3 is 2.23 bits per heavy atom. The summed E-state index contributed by atoms with van der Waals surface area (Å²) in [6.07, 6.45) is 11.0. The molecule has 216 valence electrons. The fraction of sp³-hybridized carbons (Fsp3) is 0.576. The number of nitrogens with zero attached hydrogens (tertiary/aromatic N) is 3. The van der Waals surface area contributed by atoms with Crippen LogP contribution in [0.2, 0.25) is 0 Å². The van der Waals surface area contributed by atoms with Gasteiger partial charge in [-0.3, -0.25) is 14.5 Å². The van der Waals surface area contributed by atoms with E-state index in [0.29, 0.717) is 12.1 Å². The second-order valence-corrected chi connectivity index (χ2v) is 11.7. The minimum Gasteiger partial charge on any atom is -0.495 e.